The summed E-state index contributed by atoms with van der Waals surface area (Å²) in [7, 11) is 1.49. The molecule has 0 radical (unpaired) electrons. The van der Waals surface area contributed by atoms with Gasteiger partial charge < -0.3 is 14.6 Å². The number of ether oxygens (including phenoxy) is 2. The highest BCUT2D eigenvalue weighted by Gasteiger charge is 2.13. The number of carbonyl (C=O) groups excluding carboxylic acids is 2. The Morgan fingerprint density at radius 2 is 1.81 bits per heavy atom. The Hall–Kier alpha value is -3.22. The summed E-state index contributed by atoms with van der Waals surface area (Å²) in [6.07, 6.45) is 0.466. The van der Waals surface area contributed by atoms with Gasteiger partial charge in [-0.1, -0.05) is 18.2 Å². The van der Waals surface area contributed by atoms with Crippen LogP contribution in [0, 0.1) is 0 Å². The second-order valence-electron chi connectivity index (χ2n) is 6.16. The monoisotopic (exact) mass is 372 g/mol. The Bertz CT molecular complexity index is 805. The fourth-order valence-corrected chi connectivity index (χ4v) is 2.39. The van der Waals surface area contributed by atoms with Gasteiger partial charge in [0.2, 0.25) is 5.91 Å². The Kier molecular flexibility index (Phi) is 7.05. The predicted octanol–water partition coefficient (Wildman–Crippen LogP) is 2.58. The van der Waals surface area contributed by atoms with Crippen molar-refractivity contribution in [2.75, 3.05) is 7.11 Å². The van der Waals surface area contributed by atoms with E-state index in [9.17, 15) is 14.7 Å². The molecule has 3 N–H and O–H groups in total. The second-order valence-corrected chi connectivity index (χ2v) is 6.16. The Morgan fingerprint density at radius 1 is 1.07 bits per heavy atom. The van der Waals surface area contributed by atoms with Crippen LogP contribution in [0.4, 0.5) is 0 Å². The van der Waals surface area contributed by atoms with Crippen LogP contribution in [0.15, 0.2) is 42.5 Å². The molecule has 0 unspecified atom stereocenters. The van der Waals surface area contributed by atoms with E-state index in [-0.39, 0.29) is 24.2 Å². The number of para-hydroxylation sites is 1. The Labute approximate surface area is 158 Å². The molecule has 0 saturated heterocycles. The average Bonchev–Trinajstić information content (AvgIpc) is 2.65. The lowest BCUT2D eigenvalue weighted by molar-refractivity contribution is -0.121. The molecule has 144 valence electrons. The van der Waals surface area contributed by atoms with E-state index >= 15 is 0 Å². The molecule has 0 aromatic heterocycles. The molecule has 7 heteroatoms. The van der Waals surface area contributed by atoms with Gasteiger partial charge in [0.1, 0.15) is 5.75 Å². The molecule has 0 fully saturated rings. The van der Waals surface area contributed by atoms with Gasteiger partial charge in [0.05, 0.1) is 13.2 Å². The van der Waals surface area contributed by atoms with E-state index in [1.54, 1.807) is 42.5 Å². The zero-order valence-electron chi connectivity index (χ0n) is 15.6. The van der Waals surface area contributed by atoms with Crippen LogP contribution in [0.2, 0.25) is 0 Å². The van der Waals surface area contributed by atoms with Gasteiger partial charge in [-0.05, 0) is 50.1 Å². The summed E-state index contributed by atoms with van der Waals surface area (Å²) in [5.41, 5.74) is 5.72. The van der Waals surface area contributed by atoms with Crippen LogP contribution in [0.5, 0.6) is 17.2 Å². The predicted molar refractivity (Wildman–Crippen MR) is 101 cm³/mol. The SMILES string of the molecule is COc1cc(C(=O)NNC(=O)CCc2ccccc2O)ccc1OC(C)C. The van der Waals surface area contributed by atoms with Crippen molar-refractivity contribution in [1.82, 2.24) is 10.9 Å². The van der Waals surface area contributed by atoms with Crippen molar-refractivity contribution in [2.45, 2.75) is 32.8 Å². The fourth-order valence-electron chi connectivity index (χ4n) is 2.39. The highest BCUT2D eigenvalue weighted by Crippen LogP contribution is 2.28. The minimum absolute atomic E-state index is 0.0260. The number of aryl methyl sites for hydroxylation is 1. The summed E-state index contributed by atoms with van der Waals surface area (Å²) >= 11 is 0. The van der Waals surface area contributed by atoms with Crippen LogP contribution < -0.4 is 20.3 Å². The number of hydrogen-bond acceptors (Lipinski definition) is 5. The first-order valence-electron chi connectivity index (χ1n) is 8.61. The van der Waals surface area contributed by atoms with E-state index < -0.39 is 5.91 Å². The molecular weight excluding hydrogens is 348 g/mol. The normalized spacial score (nSPS) is 10.4. The molecule has 0 heterocycles. The van der Waals surface area contributed by atoms with E-state index in [2.05, 4.69) is 10.9 Å². The highest BCUT2D eigenvalue weighted by molar-refractivity contribution is 5.96. The Balaban J connectivity index is 1.89. The first kappa shape index (κ1) is 20.1. The van der Waals surface area contributed by atoms with Crippen molar-refractivity contribution in [2.24, 2.45) is 0 Å². The quantitative estimate of drug-likeness (QED) is 0.649. The molecule has 2 aromatic rings. The summed E-state index contributed by atoms with van der Waals surface area (Å²) < 4.78 is 10.9. The number of phenolic OH excluding ortho intramolecular Hbond substituents is 1. The average molecular weight is 372 g/mol. The third kappa shape index (κ3) is 5.91. The topological polar surface area (TPSA) is 96.9 Å². The molecule has 0 aliphatic heterocycles. The first-order chi connectivity index (χ1) is 12.9. The van der Waals surface area contributed by atoms with E-state index in [0.29, 0.717) is 29.0 Å². The van der Waals surface area contributed by atoms with Crippen LogP contribution in [-0.4, -0.2) is 30.1 Å². The lowest BCUT2D eigenvalue weighted by atomic mass is 10.1. The molecule has 0 bridgehead atoms. The van der Waals surface area contributed by atoms with E-state index in [4.69, 9.17) is 9.47 Å². The van der Waals surface area contributed by atoms with Gasteiger partial charge in [0.15, 0.2) is 11.5 Å². The van der Waals surface area contributed by atoms with Gasteiger partial charge in [-0.3, -0.25) is 20.4 Å². The van der Waals surface area contributed by atoms with Crippen molar-refractivity contribution in [3.8, 4) is 17.2 Å². The van der Waals surface area contributed by atoms with Crippen LogP contribution in [0.25, 0.3) is 0 Å². The van der Waals surface area contributed by atoms with Gasteiger partial charge in [0, 0.05) is 12.0 Å². The minimum Gasteiger partial charge on any atom is -0.508 e. The van der Waals surface area contributed by atoms with Crippen LogP contribution in [-0.2, 0) is 11.2 Å². The van der Waals surface area contributed by atoms with E-state index in [0.717, 1.165) is 0 Å². The smallest absolute Gasteiger partial charge is 0.269 e. The molecule has 0 atom stereocenters. The number of benzene rings is 2. The number of hydrogen-bond donors (Lipinski definition) is 3. The van der Waals surface area contributed by atoms with Gasteiger partial charge >= 0.3 is 0 Å². The van der Waals surface area contributed by atoms with Crippen molar-refractivity contribution in [3.05, 3.63) is 53.6 Å². The van der Waals surface area contributed by atoms with Gasteiger partial charge in [0.25, 0.3) is 5.91 Å². The number of phenols is 1. The zero-order valence-corrected chi connectivity index (χ0v) is 15.6. The van der Waals surface area contributed by atoms with Gasteiger partial charge in [-0.25, -0.2) is 0 Å². The van der Waals surface area contributed by atoms with E-state index in [1.165, 1.54) is 7.11 Å². The number of nitrogens with one attached hydrogen (secondary N) is 2. The maximum Gasteiger partial charge on any atom is 0.269 e. The molecule has 2 amide bonds. The maximum absolute atomic E-state index is 12.2. The van der Waals surface area contributed by atoms with Crippen molar-refractivity contribution >= 4 is 11.8 Å². The zero-order chi connectivity index (χ0) is 19.8. The number of carbonyl (C=O) groups is 2. The van der Waals surface area contributed by atoms with Gasteiger partial charge in [-0.2, -0.15) is 0 Å². The fraction of sp³-hybridized carbons (Fsp3) is 0.300. The molecular formula is C20H24N2O5. The van der Waals surface area contributed by atoms with Crippen molar-refractivity contribution in [3.63, 3.8) is 0 Å². The lowest BCUT2D eigenvalue weighted by Gasteiger charge is -2.14. The standard InChI is InChI=1S/C20H24N2O5/c1-13(2)27-17-10-8-15(12-18(17)26-3)20(25)22-21-19(24)11-9-14-6-4-5-7-16(14)23/h4-8,10,12-13,23H,9,11H2,1-3H3,(H,21,24)(H,22,25). The molecule has 7 nitrogen and oxygen atoms in total. The minimum atomic E-state index is -0.472. The Morgan fingerprint density at radius 3 is 2.48 bits per heavy atom. The summed E-state index contributed by atoms with van der Waals surface area (Å²) in [5, 5.41) is 9.69. The lowest BCUT2D eigenvalue weighted by Crippen LogP contribution is -2.41. The largest absolute Gasteiger partial charge is 0.508 e. The van der Waals surface area contributed by atoms with Crippen molar-refractivity contribution < 1.29 is 24.2 Å². The van der Waals surface area contributed by atoms with Crippen molar-refractivity contribution in [1.29, 1.82) is 0 Å². The molecule has 0 saturated carbocycles. The first-order valence-corrected chi connectivity index (χ1v) is 8.61. The number of rotatable bonds is 7. The van der Waals surface area contributed by atoms with Gasteiger partial charge in [-0.15, -0.1) is 0 Å². The molecule has 2 rings (SSSR count). The molecule has 0 aliphatic carbocycles. The second kappa shape index (κ2) is 9.47. The summed E-state index contributed by atoms with van der Waals surface area (Å²) in [6, 6.07) is 11.6. The third-order valence-corrected chi connectivity index (χ3v) is 3.72. The molecule has 0 aliphatic rings. The molecule has 2 aromatic carbocycles. The number of methoxy groups -OCH3 is 1. The molecule has 0 spiro atoms. The molecule has 27 heavy (non-hydrogen) atoms. The number of amides is 2. The summed E-state index contributed by atoms with van der Waals surface area (Å²) in [4.78, 5) is 24.1. The maximum atomic E-state index is 12.2. The summed E-state index contributed by atoms with van der Waals surface area (Å²) in [5.74, 6) is 0.279. The van der Waals surface area contributed by atoms with E-state index in [1.807, 2.05) is 13.8 Å². The summed E-state index contributed by atoms with van der Waals surface area (Å²) in [6.45, 7) is 3.79. The third-order valence-electron chi connectivity index (χ3n) is 3.72. The highest BCUT2D eigenvalue weighted by atomic mass is 16.5. The van der Waals surface area contributed by atoms with Crippen LogP contribution >= 0.6 is 0 Å². The van der Waals surface area contributed by atoms with Crippen LogP contribution in [0.1, 0.15) is 36.2 Å². The number of aromatic hydroxyl groups is 1. The number of hydrazine groups is 1. The van der Waals surface area contributed by atoms with Crippen LogP contribution in [0.3, 0.4) is 0 Å².